The highest BCUT2D eigenvalue weighted by molar-refractivity contribution is 5.77. The fraction of sp³-hybridized carbons (Fsp3) is 0.111. The Morgan fingerprint density at radius 3 is 2.60 bits per heavy atom. The van der Waals surface area contributed by atoms with Gasteiger partial charge in [-0.2, -0.15) is 15.0 Å². The van der Waals surface area contributed by atoms with E-state index in [0.29, 0.717) is 11.9 Å². The second kappa shape index (κ2) is 5.86. The first kappa shape index (κ1) is 15.1. The zero-order valence-electron chi connectivity index (χ0n) is 13.9. The third kappa shape index (κ3) is 2.87. The van der Waals surface area contributed by atoms with Crippen LogP contribution < -0.4 is 11.1 Å². The van der Waals surface area contributed by atoms with Gasteiger partial charge < -0.3 is 11.1 Å². The molecule has 3 N–H and O–H groups in total. The van der Waals surface area contributed by atoms with Crippen molar-refractivity contribution in [3.63, 3.8) is 0 Å². The molecule has 0 radical (unpaired) electrons. The maximum atomic E-state index is 5.91. The van der Waals surface area contributed by atoms with E-state index in [1.807, 2.05) is 66.9 Å². The summed E-state index contributed by atoms with van der Waals surface area (Å²) in [6.07, 6.45) is 0. The zero-order valence-corrected chi connectivity index (χ0v) is 13.9. The summed E-state index contributed by atoms with van der Waals surface area (Å²) in [5.41, 5.74) is 9.75. The number of imidazole rings is 1. The van der Waals surface area contributed by atoms with Crippen molar-refractivity contribution in [2.24, 2.45) is 0 Å². The molecule has 2 aromatic carbocycles. The largest absolute Gasteiger partial charge is 0.368 e. The van der Waals surface area contributed by atoms with Gasteiger partial charge in [0.1, 0.15) is 5.82 Å². The van der Waals surface area contributed by atoms with Crippen molar-refractivity contribution in [2.75, 3.05) is 11.1 Å². The van der Waals surface area contributed by atoms with Crippen LogP contribution in [0.2, 0.25) is 0 Å². The smallest absolute Gasteiger partial charge is 0.242 e. The van der Waals surface area contributed by atoms with Gasteiger partial charge in [0.15, 0.2) is 0 Å². The van der Waals surface area contributed by atoms with E-state index in [0.717, 1.165) is 28.1 Å². The first-order valence-corrected chi connectivity index (χ1v) is 7.90. The minimum absolute atomic E-state index is 0.150. The molecule has 0 unspecified atom stereocenters. The van der Waals surface area contributed by atoms with E-state index in [2.05, 4.69) is 25.3 Å². The monoisotopic (exact) mass is 331 g/mol. The molecular weight excluding hydrogens is 314 g/mol. The molecule has 0 aliphatic heterocycles. The quantitative estimate of drug-likeness (QED) is 0.599. The van der Waals surface area contributed by atoms with E-state index >= 15 is 0 Å². The number of hydrogen-bond acceptors (Lipinski definition) is 6. The van der Waals surface area contributed by atoms with Crippen LogP contribution >= 0.6 is 0 Å². The molecule has 7 heteroatoms. The first-order chi connectivity index (χ1) is 12.1. The second-order valence-electron chi connectivity index (χ2n) is 5.79. The van der Waals surface area contributed by atoms with Crippen LogP contribution in [0.25, 0.3) is 17.0 Å². The maximum absolute atomic E-state index is 5.91. The number of benzene rings is 2. The Hall–Kier alpha value is -3.48. The summed E-state index contributed by atoms with van der Waals surface area (Å²) in [5.74, 6) is 1.77. The summed E-state index contributed by atoms with van der Waals surface area (Å²) < 4.78 is 1.87. The number of hydrogen-bond donors (Lipinski definition) is 2. The highest BCUT2D eigenvalue weighted by atomic mass is 15.3. The number of nitrogens with zero attached hydrogens (tertiary/aromatic N) is 5. The van der Waals surface area contributed by atoms with Crippen molar-refractivity contribution in [2.45, 2.75) is 13.8 Å². The van der Waals surface area contributed by atoms with Gasteiger partial charge in [0.2, 0.25) is 17.8 Å². The molecule has 0 aliphatic rings. The average Bonchev–Trinajstić information content (AvgIpc) is 2.90. The van der Waals surface area contributed by atoms with Gasteiger partial charge in [0, 0.05) is 5.69 Å². The number of nitrogens with one attached hydrogen (secondary N) is 1. The number of anilines is 3. The third-order valence-electron chi connectivity index (χ3n) is 3.84. The lowest BCUT2D eigenvalue weighted by molar-refractivity contribution is 0.890. The molecular formula is C18H17N7. The summed E-state index contributed by atoms with van der Waals surface area (Å²) in [6.45, 7) is 3.94. The number of nitrogen functional groups attached to an aromatic ring is 1. The first-order valence-electron chi connectivity index (χ1n) is 7.90. The van der Waals surface area contributed by atoms with Gasteiger partial charge in [0.25, 0.3) is 0 Å². The van der Waals surface area contributed by atoms with Crippen molar-refractivity contribution in [1.29, 1.82) is 0 Å². The van der Waals surface area contributed by atoms with Gasteiger partial charge in [-0.25, -0.2) is 4.98 Å². The Morgan fingerprint density at radius 1 is 0.920 bits per heavy atom. The van der Waals surface area contributed by atoms with Gasteiger partial charge in [0.05, 0.1) is 11.0 Å². The van der Waals surface area contributed by atoms with Gasteiger partial charge >= 0.3 is 0 Å². The Balaban J connectivity index is 1.80. The molecule has 7 nitrogen and oxygen atoms in total. The molecule has 4 rings (SSSR count). The van der Waals surface area contributed by atoms with E-state index in [1.165, 1.54) is 0 Å². The van der Waals surface area contributed by atoms with Crippen LogP contribution in [-0.4, -0.2) is 24.5 Å². The minimum Gasteiger partial charge on any atom is -0.368 e. The molecule has 4 aromatic rings. The van der Waals surface area contributed by atoms with Crippen LogP contribution in [0.4, 0.5) is 17.6 Å². The molecule has 0 saturated carbocycles. The van der Waals surface area contributed by atoms with E-state index in [9.17, 15) is 0 Å². The summed E-state index contributed by atoms with van der Waals surface area (Å²) in [7, 11) is 0. The predicted molar refractivity (Wildman–Crippen MR) is 98.1 cm³/mol. The summed E-state index contributed by atoms with van der Waals surface area (Å²) in [6, 6.07) is 15.8. The lowest BCUT2D eigenvalue weighted by Crippen LogP contribution is -2.10. The van der Waals surface area contributed by atoms with Crippen molar-refractivity contribution >= 4 is 28.6 Å². The maximum Gasteiger partial charge on any atom is 0.242 e. The lowest BCUT2D eigenvalue weighted by Gasteiger charge is -2.09. The Morgan fingerprint density at radius 2 is 1.76 bits per heavy atom. The number of aryl methyl sites for hydroxylation is 2. The highest BCUT2D eigenvalue weighted by Crippen LogP contribution is 2.21. The molecule has 2 aromatic heterocycles. The van der Waals surface area contributed by atoms with Crippen LogP contribution in [0.5, 0.6) is 0 Å². The van der Waals surface area contributed by atoms with Crippen molar-refractivity contribution in [3.05, 3.63) is 59.9 Å². The molecule has 0 spiro atoms. The molecule has 0 atom stereocenters. The standard InChI is InChI=1S/C18H17N7/c1-11-6-5-7-13(10-11)21-17-22-16(19)23-18(24-17)25-12(2)20-14-8-3-4-9-15(14)25/h3-10H,1-2H3,(H3,19,21,22,23,24). The SMILES string of the molecule is Cc1cccc(Nc2nc(N)nc(-n3c(C)nc4ccccc43)n2)c1. The van der Waals surface area contributed by atoms with Crippen LogP contribution in [0.3, 0.4) is 0 Å². The summed E-state index contributed by atoms with van der Waals surface area (Å²) in [4.78, 5) is 17.5. The minimum atomic E-state index is 0.150. The number of nitrogens with two attached hydrogens (primary N) is 1. The fourth-order valence-corrected chi connectivity index (χ4v) is 2.79. The van der Waals surface area contributed by atoms with Crippen molar-refractivity contribution in [3.8, 4) is 5.95 Å². The molecule has 25 heavy (non-hydrogen) atoms. The van der Waals surface area contributed by atoms with Crippen molar-refractivity contribution < 1.29 is 0 Å². The van der Waals surface area contributed by atoms with Gasteiger partial charge in [-0.3, -0.25) is 4.57 Å². The summed E-state index contributed by atoms with van der Waals surface area (Å²) in [5, 5.41) is 3.18. The lowest BCUT2D eigenvalue weighted by atomic mass is 10.2. The molecule has 0 bridgehead atoms. The Bertz CT molecular complexity index is 1070. The molecule has 124 valence electrons. The number of rotatable bonds is 3. The van der Waals surface area contributed by atoms with Crippen LogP contribution in [-0.2, 0) is 0 Å². The molecule has 0 amide bonds. The van der Waals surface area contributed by atoms with E-state index < -0.39 is 0 Å². The number of para-hydroxylation sites is 2. The van der Waals surface area contributed by atoms with E-state index in [-0.39, 0.29) is 5.95 Å². The predicted octanol–water partition coefficient (Wildman–Crippen LogP) is 3.15. The van der Waals surface area contributed by atoms with Gasteiger partial charge in [-0.15, -0.1) is 0 Å². The third-order valence-corrected chi connectivity index (χ3v) is 3.84. The van der Waals surface area contributed by atoms with E-state index in [1.54, 1.807) is 0 Å². The molecule has 0 aliphatic carbocycles. The van der Waals surface area contributed by atoms with Crippen molar-refractivity contribution in [1.82, 2.24) is 24.5 Å². The second-order valence-corrected chi connectivity index (χ2v) is 5.79. The van der Waals surface area contributed by atoms with Crippen LogP contribution in [0, 0.1) is 13.8 Å². The summed E-state index contributed by atoms with van der Waals surface area (Å²) >= 11 is 0. The zero-order chi connectivity index (χ0) is 17.4. The Labute approximate surface area is 144 Å². The topological polar surface area (TPSA) is 94.5 Å². The highest BCUT2D eigenvalue weighted by Gasteiger charge is 2.13. The number of aromatic nitrogens is 5. The fourth-order valence-electron chi connectivity index (χ4n) is 2.79. The Kier molecular flexibility index (Phi) is 3.53. The molecule has 0 saturated heterocycles. The van der Waals surface area contributed by atoms with Gasteiger partial charge in [-0.05, 0) is 43.7 Å². The van der Waals surface area contributed by atoms with Crippen LogP contribution in [0.15, 0.2) is 48.5 Å². The van der Waals surface area contributed by atoms with Crippen LogP contribution in [0.1, 0.15) is 11.4 Å². The van der Waals surface area contributed by atoms with E-state index in [4.69, 9.17) is 5.73 Å². The average molecular weight is 331 g/mol. The van der Waals surface area contributed by atoms with Gasteiger partial charge in [-0.1, -0.05) is 24.3 Å². The molecule has 0 fully saturated rings. The normalized spacial score (nSPS) is 11.0. The number of fused-ring (bicyclic) bond motifs is 1. The molecule has 2 heterocycles.